The van der Waals surface area contributed by atoms with Crippen LogP contribution in [-0.4, -0.2) is 57.2 Å². The number of benzene rings is 2. The Morgan fingerprint density at radius 2 is 1.79 bits per heavy atom. The van der Waals surface area contributed by atoms with Crippen LogP contribution in [0, 0.1) is 0 Å². The second kappa shape index (κ2) is 9.82. The van der Waals surface area contributed by atoms with E-state index in [2.05, 4.69) is 17.4 Å². The molecule has 0 unspecified atom stereocenters. The maximum Gasteiger partial charge on any atom is 0.325 e. The maximum absolute atomic E-state index is 12.7. The van der Waals surface area contributed by atoms with E-state index < -0.39 is 0 Å². The minimum Gasteiger partial charge on any atom is -0.493 e. The van der Waals surface area contributed by atoms with Crippen LogP contribution in [0.15, 0.2) is 48.5 Å². The van der Waals surface area contributed by atoms with E-state index in [1.165, 1.54) is 5.56 Å². The number of carbonyl (C=O) groups excluding carboxylic acids is 2. The van der Waals surface area contributed by atoms with Gasteiger partial charge in [-0.05, 0) is 30.5 Å². The summed E-state index contributed by atoms with van der Waals surface area (Å²) in [5.74, 6) is 1.03. The topological polar surface area (TPSA) is 71.1 Å². The molecule has 0 atom stereocenters. The predicted molar refractivity (Wildman–Crippen MR) is 112 cm³/mol. The van der Waals surface area contributed by atoms with E-state index in [1.54, 1.807) is 36.2 Å². The summed E-state index contributed by atoms with van der Waals surface area (Å²) >= 11 is 0. The van der Waals surface area contributed by atoms with Crippen LogP contribution in [0.25, 0.3) is 0 Å². The lowest BCUT2D eigenvalue weighted by Gasteiger charge is -2.19. The fraction of sp³-hybridized carbons (Fsp3) is 0.364. The number of amides is 3. The Bertz CT molecular complexity index is 841. The van der Waals surface area contributed by atoms with E-state index in [0.29, 0.717) is 31.1 Å². The Morgan fingerprint density at radius 1 is 1.03 bits per heavy atom. The van der Waals surface area contributed by atoms with Crippen molar-refractivity contribution in [1.82, 2.24) is 10.2 Å². The Hall–Kier alpha value is -3.22. The first-order valence-electron chi connectivity index (χ1n) is 9.71. The SMILES string of the molecule is COc1ccc(N2CCN(CC(=O)NCCCc3ccccc3)C2=O)cc1OC. The number of nitrogens with zero attached hydrogens (tertiary/aromatic N) is 2. The number of ether oxygens (including phenoxy) is 2. The van der Waals surface area contributed by atoms with Crippen molar-refractivity contribution in [2.75, 3.05) is 45.3 Å². The van der Waals surface area contributed by atoms with Crippen molar-refractivity contribution in [2.24, 2.45) is 0 Å². The van der Waals surface area contributed by atoms with E-state index in [0.717, 1.165) is 18.5 Å². The molecule has 3 rings (SSSR count). The molecule has 3 amide bonds. The molecule has 2 aromatic rings. The maximum atomic E-state index is 12.7. The van der Waals surface area contributed by atoms with Crippen LogP contribution in [0.3, 0.4) is 0 Å². The van der Waals surface area contributed by atoms with E-state index in [4.69, 9.17) is 9.47 Å². The van der Waals surface area contributed by atoms with Gasteiger partial charge in [0.15, 0.2) is 11.5 Å². The molecule has 1 fully saturated rings. The summed E-state index contributed by atoms with van der Waals surface area (Å²) in [4.78, 5) is 28.1. The van der Waals surface area contributed by atoms with Gasteiger partial charge in [0.25, 0.3) is 0 Å². The van der Waals surface area contributed by atoms with E-state index in [9.17, 15) is 9.59 Å². The molecule has 0 aromatic heterocycles. The summed E-state index contributed by atoms with van der Waals surface area (Å²) < 4.78 is 10.5. The first-order valence-corrected chi connectivity index (χ1v) is 9.71. The molecular formula is C22H27N3O4. The smallest absolute Gasteiger partial charge is 0.325 e. The number of urea groups is 1. The van der Waals surface area contributed by atoms with Crippen LogP contribution >= 0.6 is 0 Å². The molecule has 1 heterocycles. The quantitative estimate of drug-likeness (QED) is 0.661. The van der Waals surface area contributed by atoms with Crippen molar-refractivity contribution in [2.45, 2.75) is 12.8 Å². The van der Waals surface area contributed by atoms with Gasteiger partial charge in [0.2, 0.25) is 5.91 Å². The Kier molecular flexibility index (Phi) is 6.94. The molecule has 1 N–H and O–H groups in total. The molecule has 154 valence electrons. The van der Waals surface area contributed by atoms with Gasteiger partial charge < -0.3 is 19.7 Å². The molecule has 1 saturated heterocycles. The molecule has 29 heavy (non-hydrogen) atoms. The second-order valence-corrected chi connectivity index (χ2v) is 6.83. The van der Waals surface area contributed by atoms with Crippen LogP contribution in [0.1, 0.15) is 12.0 Å². The van der Waals surface area contributed by atoms with Crippen molar-refractivity contribution < 1.29 is 19.1 Å². The zero-order valence-electron chi connectivity index (χ0n) is 16.9. The molecule has 0 bridgehead atoms. The molecule has 1 aliphatic heterocycles. The Balaban J connectivity index is 1.47. The van der Waals surface area contributed by atoms with Gasteiger partial charge in [-0.25, -0.2) is 4.79 Å². The average molecular weight is 397 g/mol. The molecule has 7 heteroatoms. The van der Waals surface area contributed by atoms with Gasteiger partial charge in [0.05, 0.1) is 14.2 Å². The third-order valence-corrected chi connectivity index (χ3v) is 4.92. The number of hydrogen-bond donors (Lipinski definition) is 1. The number of hydrogen-bond acceptors (Lipinski definition) is 4. The number of anilines is 1. The summed E-state index contributed by atoms with van der Waals surface area (Å²) in [5.41, 5.74) is 1.97. The van der Waals surface area contributed by atoms with Crippen molar-refractivity contribution in [3.8, 4) is 11.5 Å². The first-order chi connectivity index (χ1) is 14.1. The highest BCUT2D eigenvalue weighted by Gasteiger charge is 2.31. The number of carbonyl (C=O) groups is 2. The van der Waals surface area contributed by atoms with Gasteiger partial charge in [0, 0.05) is 31.4 Å². The fourth-order valence-corrected chi connectivity index (χ4v) is 3.36. The monoisotopic (exact) mass is 397 g/mol. The van der Waals surface area contributed by atoms with Crippen molar-refractivity contribution in [3.63, 3.8) is 0 Å². The standard InChI is InChI=1S/C22H27N3O4/c1-28-19-11-10-18(15-20(19)29-2)25-14-13-24(22(25)27)16-21(26)23-12-6-9-17-7-4-3-5-8-17/h3-5,7-8,10-11,15H,6,9,12-14,16H2,1-2H3,(H,23,26). The summed E-state index contributed by atoms with van der Waals surface area (Å²) in [7, 11) is 3.13. The minimum atomic E-state index is -0.184. The molecule has 2 aromatic carbocycles. The van der Waals surface area contributed by atoms with Gasteiger partial charge in [-0.1, -0.05) is 30.3 Å². The lowest BCUT2D eigenvalue weighted by molar-refractivity contribution is -0.121. The zero-order chi connectivity index (χ0) is 20.6. The number of methoxy groups -OCH3 is 2. The van der Waals surface area contributed by atoms with Gasteiger partial charge in [0.1, 0.15) is 6.54 Å². The third kappa shape index (κ3) is 5.19. The molecule has 0 aliphatic carbocycles. The number of nitrogens with one attached hydrogen (secondary N) is 1. The summed E-state index contributed by atoms with van der Waals surface area (Å²) in [5, 5.41) is 2.90. The minimum absolute atomic E-state index is 0.0635. The highest BCUT2D eigenvalue weighted by molar-refractivity contribution is 5.96. The van der Waals surface area contributed by atoms with Crippen LogP contribution < -0.4 is 19.7 Å². The fourth-order valence-electron chi connectivity index (χ4n) is 3.36. The van der Waals surface area contributed by atoms with Gasteiger partial charge >= 0.3 is 6.03 Å². The van der Waals surface area contributed by atoms with Crippen LogP contribution in [0.5, 0.6) is 11.5 Å². The van der Waals surface area contributed by atoms with Crippen LogP contribution in [0.2, 0.25) is 0 Å². The molecule has 1 aliphatic rings. The summed E-state index contributed by atoms with van der Waals surface area (Å²) in [6.07, 6.45) is 1.78. The van der Waals surface area contributed by atoms with E-state index in [1.807, 2.05) is 24.3 Å². The second-order valence-electron chi connectivity index (χ2n) is 6.83. The van der Waals surface area contributed by atoms with E-state index in [-0.39, 0.29) is 18.5 Å². The zero-order valence-corrected chi connectivity index (χ0v) is 16.9. The highest BCUT2D eigenvalue weighted by Crippen LogP contribution is 2.32. The Morgan fingerprint density at radius 3 is 2.52 bits per heavy atom. The normalized spacial score (nSPS) is 13.5. The van der Waals surface area contributed by atoms with Crippen molar-refractivity contribution >= 4 is 17.6 Å². The van der Waals surface area contributed by atoms with Crippen LogP contribution in [-0.2, 0) is 11.2 Å². The largest absolute Gasteiger partial charge is 0.493 e. The van der Waals surface area contributed by atoms with Gasteiger partial charge in [-0.15, -0.1) is 0 Å². The van der Waals surface area contributed by atoms with Gasteiger partial charge in [-0.2, -0.15) is 0 Å². The summed E-state index contributed by atoms with van der Waals surface area (Å²) in [6, 6.07) is 15.3. The molecule has 7 nitrogen and oxygen atoms in total. The molecule has 0 spiro atoms. The Labute approximate surface area is 171 Å². The average Bonchev–Trinajstić information content (AvgIpc) is 3.11. The van der Waals surface area contributed by atoms with Crippen molar-refractivity contribution in [1.29, 1.82) is 0 Å². The predicted octanol–water partition coefficient (Wildman–Crippen LogP) is 2.69. The van der Waals surface area contributed by atoms with Gasteiger partial charge in [-0.3, -0.25) is 9.69 Å². The van der Waals surface area contributed by atoms with E-state index >= 15 is 0 Å². The van der Waals surface area contributed by atoms with Crippen molar-refractivity contribution in [3.05, 3.63) is 54.1 Å². The summed E-state index contributed by atoms with van der Waals surface area (Å²) in [6.45, 7) is 1.68. The molecule has 0 radical (unpaired) electrons. The van der Waals surface area contributed by atoms with Crippen LogP contribution in [0.4, 0.5) is 10.5 Å². The number of aryl methyl sites for hydroxylation is 1. The first kappa shape index (κ1) is 20.5. The highest BCUT2D eigenvalue weighted by atomic mass is 16.5. The lowest BCUT2D eigenvalue weighted by atomic mass is 10.1. The molecule has 0 saturated carbocycles. The molecular weight excluding hydrogens is 370 g/mol. The number of rotatable bonds is 9. The third-order valence-electron chi connectivity index (χ3n) is 4.92. The lowest BCUT2D eigenvalue weighted by Crippen LogP contribution is -2.40.